The van der Waals surface area contributed by atoms with E-state index in [0.717, 1.165) is 13.1 Å². The van der Waals surface area contributed by atoms with Gasteiger partial charge in [-0.3, -0.25) is 9.59 Å². The Morgan fingerprint density at radius 2 is 1.67 bits per heavy atom. The Labute approximate surface area is 196 Å². The van der Waals surface area contributed by atoms with Gasteiger partial charge in [-0.15, -0.1) is 24.0 Å². The van der Waals surface area contributed by atoms with Crippen molar-refractivity contribution in [2.24, 2.45) is 4.99 Å². The van der Waals surface area contributed by atoms with Crippen molar-refractivity contribution in [1.82, 2.24) is 20.9 Å². The molecule has 2 rings (SSSR count). The highest BCUT2D eigenvalue weighted by molar-refractivity contribution is 14.0. The normalized spacial score (nSPS) is 14.6. The van der Waals surface area contributed by atoms with Crippen LogP contribution in [0, 0.1) is 0 Å². The van der Waals surface area contributed by atoms with E-state index in [4.69, 9.17) is 0 Å². The quantitative estimate of drug-likeness (QED) is 0.294. The molecule has 1 aromatic rings. The van der Waals surface area contributed by atoms with Gasteiger partial charge in [-0.2, -0.15) is 0 Å². The highest BCUT2D eigenvalue weighted by atomic mass is 127. The van der Waals surface area contributed by atoms with Crippen molar-refractivity contribution < 1.29 is 9.59 Å². The van der Waals surface area contributed by atoms with Gasteiger partial charge in [0, 0.05) is 44.0 Å². The van der Waals surface area contributed by atoms with E-state index in [1.54, 1.807) is 0 Å². The number of guanidine groups is 1. The molecule has 168 valence electrons. The monoisotopic (exact) mass is 530 g/mol. The molecule has 0 spiro atoms. The second-order valence-corrected chi connectivity index (χ2v) is 8.05. The lowest BCUT2D eigenvalue weighted by Crippen LogP contribution is -2.52. The number of benzene rings is 1. The average Bonchev–Trinajstić information content (AvgIpc) is 2.69. The van der Waals surface area contributed by atoms with Crippen LogP contribution in [0.25, 0.3) is 0 Å². The summed E-state index contributed by atoms with van der Waals surface area (Å²) in [5.74, 6) is 0.341. The van der Waals surface area contributed by atoms with Crippen molar-refractivity contribution in [3.63, 3.8) is 0 Å². The molecule has 1 aliphatic rings. The minimum absolute atomic E-state index is 0. The molecule has 30 heavy (non-hydrogen) atoms. The third-order valence-electron chi connectivity index (χ3n) is 4.40. The second kappa shape index (κ2) is 12.6. The van der Waals surface area contributed by atoms with E-state index in [1.165, 1.54) is 5.69 Å². The summed E-state index contributed by atoms with van der Waals surface area (Å²) in [5, 5.41) is 8.97. The van der Waals surface area contributed by atoms with Crippen LogP contribution in [0.4, 0.5) is 5.69 Å². The molecule has 0 atom stereocenters. The number of anilines is 1. The van der Waals surface area contributed by atoms with Crippen LogP contribution in [0.2, 0.25) is 0 Å². The first kappa shape index (κ1) is 26.0. The van der Waals surface area contributed by atoms with E-state index in [2.05, 4.69) is 38.0 Å². The van der Waals surface area contributed by atoms with Gasteiger partial charge < -0.3 is 25.8 Å². The molecule has 1 aliphatic heterocycles. The van der Waals surface area contributed by atoms with Gasteiger partial charge in [0.2, 0.25) is 11.8 Å². The Morgan fingerprint density at radius 1 is 1.03 bits per heavy atom. The number of aliphatic imine (C=N–C) groups is 1. The number of piperazine rings is 1. The highest BCUT2D eigenvalue weighted by Gasteiger charge is 2.21. The Balaban J connectivity index is 0.00000450. The lowest BCUT2D eigenvalue weighted by atomic mass is 10.1. The van der Waals surface area contributed by atoms with Crippen LogP contribution in [-0.2, 0) is 9.59 Å². The minimum atomic E-state index is -0.295. The summed E-state index contributed by atoms with van der Waals surface area (Å²) in [5.41, 5.74) is 0.892. The number of hydrogen-bond donors (Lipinski definition) is 3. The van der Waals surface area contributed by atoms with Crippen LogP contribution in [0.5, 0.6) is 0 Å². The van der Waals surface area contributed by atoms with Crippen LogP contribution in [-0.4, -0.2) is 74.0 Å². The third-order valence-corrected chi connectivity index (χ3v) is 4.40. The van der Waals surface area contributed by atoms with Crippen LogP contribution >= 0.6 is 24.0 Å². The molecule has 0 bridgehead atoms. The van der Waals surface area contributed by atoms with Crippen LogP contribution in [0.1, 0.15) is 27.7 Å². The fourth-order valence-corrected chi connectivity index (χ4v) is 3.07. The summed E-state index contributed by atoms with van der Waals surface area (Å²) in [6.07, 6.45) is 0. The number of nitrogens with one attached hydrogen (secondary N) is 3. The first-order chi connectivity index (χ1) is 13.8. The van der Waals surface area contributed by atoms with Gasteiger partial charge in [0.25, 0.3) is 0 Å². The van der Waals surface area contributed by atoms with Gasteiger partial charge in [0.1, 0.15) is 6.54 Å². The van der Waals surface area contributed by atoms with Gasteiger partial charge in [0.15, 0.2) is 5.96 Å². The van der Waals surface area contributed by atoms with Crippen molar-refractivity contribution in [3.05, 3.63) is 30.3 Å². The second-order valence-electron chi connectivity index (χ2n) is 8.05. The molecule has 0 aliphatic carbocycles. The van der Waals surface area contributed by atoms with Crippen molar-refractivity contribution in [2.75, 3.05) is 50.7 Å². The zero-order valence-electron chi connectivity index (χ0n) is 18.4. The number of carbonyl (C=O) groups excluding carboxylic acids is 2. The smallest absolute Gasteiger partial charge is 0.242 e. The van der Waals surface area contributed by atoms with E-state index < -0.39 is 0 Å². The summed E-state index contributed by atoms with van der Waals surface area (Å²) in [6, 6.07) is 10.2. The van der Waals surface area contributed by atoms with Gasteiger partial charge in [0.05, 0.1) is 6.54 Å². The molecule has 0 radical (unpaired) electrons. The topological polar surface area (TPSA) is 89.1 Å². The number of para-hydroxylation sites is 1. The highest BCUT2D eigenvalue weighted by Crippen LogP contribution is 2.15. The first-order valence-electron chi connectivity index (χ1n) is 10.2. The molecule has 1 saturated heterocycles. The molecule has 3 N–H and O–H groups in total. The maximum Gasteiger partial charge on any atom is 0.242 e. The molecule has 1 aromatic carbocycles. The molecule has 0 unspecified atom stereocenters. The Bertz CT molecular complexity index is 697. The Hall–Kier alpha value is -2.04. The summed E-state index contributed by atoms with van der Waals surface area (Å²) in [7, 11) is 0. The average molecular weight is 530 g/mol. The lowest BCUT2D eigenvalue weighted by molar-refractivity contribution is -0.130. The van der Waals surface area contributed by atoms with E-state index >= 15 is 0 Å². The van der Waals surface area contributed by atoms with Gasteiger partial charge >= 0.3 is 0 Å². The predicted molar refractivity (Wildman–Crippen MR) is 133 cm³/mol. The number of rotatable bonds is 6. The largest absolute Gasteiger partial charge is 0.368 e. The van der Waals surface area contributed by atoms with E-state index in [9.17, 15) is 9.59 Å². The molecule has 9 heteroatoms. The molecule has 0 aromatic heterocycles. The Morgan fingerprint density at radius 3 is 2.23 bits per heavy atom. The maximum atomic E-state index is 12.6. The Kier molecular flexibility index (Phi) is 10.9. The molecule has 2 amide bonds. The summed E-state index contributed by atoms with van der Waals surface area (Å²) >= 11 is 0. The summed E-state index contributed by atoms with van der Waals surface area (Å²) in [4.78, 5) is 32.9. The van der Waals surface area contributed by atoms with Crippen molar-refractivity contribution in [1.29, 1.82) is 0 Å². The van der Waals surface area contributed by atoms with E-state index in [-0.39, 0.29) is 54.4 Å². The zero-order chi connectivity index (χ0) is 21.3. The number of nitrogens with zero attached hydrogens (tertiary/aromatic N) is 3. The number of hydrogen-bond acceptors (Lipinski definition) is 4. The first-order valence-corrected chi connectivity index (χ1v) is 10.2. The number of halogens is 1. The molecular weight excluding hydrogens is 495 g/mol. The third kappa shape index (κ3) is 9.19. The van der Waals surface area contributed by atoms with Gasteiger partial charge in [-0.05, 0) is 39.8 Å². The number of carbonyl (C=O) groups is 2. The fourth-order valence-electron chi connectivity index (χ4n) is 3.07. The summed E-state index contributed by atoms with van der Waals surface area (Å²) in [6.45, 7) is 11.5. The summed E-state index contributed by atoms with van der Waals surface area (Å²) < 4.78 is 0. The van der Waals surface area contributed by atoms with E-state index in [0.29, 0.717) is 25.6 Å². The van der Waals surface area contributed by atoms with Crippen molar-refractivity contribution in [2.45, 2.75) is 33.2 Å². The minimum Gasteiger partial charge on any atom is -0.368 e. The van der Waals surface area contributed by atoms with Gasteiger partial charge in [-0.1, -0.05) is 18.2 Å². The van der Waals surface area contributed by atoms with E-state index in [1.807, 2.05) is 50.8 Å². The van der Waals surface area contributed by atoms with Crippen LogP contribution < -0.4 is 20.9 Å². The lowest BCUT2D eigenvalue weighted by Gasteiger charge is -2.36. The fraction of sp³-hybridized carbons (Fsp3) is 0.571. The maximum absolute atomic E-state index is 12.6. The SMILES string of the molecule is CCNC(=NCC(=O)NC(C)(C)C)NCC(=O)N1CCN(c2ccccc2)CC1.I. The van der Waals surface area contributed by atoms with Crippen LogP contribution in [0.15, 0.2) is 35.3 Å². The molecular formula is C21H35IN6O2. The van der Waals surface area contributed by atoms with Crippen LogP contribution in [0.3, 0.4) is 0 Å². The number of amides is 2. The van der Waals surface area contributed by atoms with Gasteiger partial charge in [-0.25, -0.2) is 4.99 Å². The molecule has 8 nitrogen and oxygen atoms in total. The molecule has 1 heterocycles. The predicted octanol–water partition coefficient (Wildman–Crippen LogP) is 1.42. The van der Waals surface area contributed by atoms with Crippen molar-refractivity contribution >= 4 is 47.4 Å². The van der Waals surface area contributed by atoms with Crippen molar-refractivity contribution in [3.8, 4) is 0 Å². The zero-order valence-corrected chi connectivity index (χ0v) is 20.7. The standard InChI is InChI=1S/C21H34N6O2.HI/c1-5-22-20(23-15-18(28)25-21(2,3)4)24-16-19(29)27-13-11-26(12-14-27)17-9-7-6-8-10-17;/h6-10H,5,11-16H2,1-4H3,(H,25,28)(H2,22,23,24);1H. The molecule has 1 fully saturated rings. The molecule has 0 saturated carbocycles.